The number of primary amides is 1. The largest absolute Gasteiger partial charge is 0.483 e. The molecule has 9 heteroatoms. The second-order valence-corrected chi connectivity index (χ2v) is 9.12. The van der Waals surface area contributed by atoms with Gasteiger partial charge in [0, 0.05) is 21.0 Å². The van der Waals surface area contributed by atoms with E-state index < -0.39 is 5.91 Å². The highest BCUT2D eigenvalue weighted by Crippen LogP contribution is 2.32. The van der Waals surface area contributed by atoms with Crippen molar-refractivity contribution in [2.24, 2.45) is 10.8 Å². The average Bonchev–Trinajstić information content (AvgIpc) is 2.78. The van der Waals surface area contributed by atoms with Crippen molar-refractivity contribution in [3.8, 4) is 5.75 Å². The minimum absolute atomic E-state index is 0.159. The van der Waals surface area contributed by atoms with E-state index in [2.05, 4.69) is 21.0 Å². The van der Waals surface area contributed by atoms with Gasteiger partial charge in [-0.25, -0.2) is 4.98 Å². The van der Waals surface area contributed by atoms with Crippen LogP contribution in [0.3, 0.4) is 0 Å². The molecule has 1 aliphatic rings. The molecular formula is C23H22BrClN4O3. The van der Waals surface area contributed by atoms with Gasteiger partial charge >= 0.3 is 0 Å². The van der Waals surface area contributed by atoms with Crippen LogP contribution in [0.1, 0.15) is 49.4 Å². The Balaban J connectivity index is 1.82. The van der Waals surface area contributed by atoms with E-state index in [1.807, 2.05) is 12.1 Å². The summed E-state index contributed by atoms with van der Waals surface area (Å²) in [5.41, 5.74) is 6.12. The van der Waals surface area contributed by atoms with Gasteiger partial charge < -0.3 is 10.5 Å². The van der Waals surface area contributed by atoms with E-state index in [9.17, 15) is 9.59 Å². The standard InChI is InChI=1S/C23H22BrClN4O3/c24-16-6-8-19-18(11-16)23(31)29(22(28-19)14-4-2-1-3-5-14)27-12-15-10-17(25)7-9-20(15)32-13-21(26)30/h6-12,14H,1-5,13H2,(H2,26,30). The van der Waals surface area contributed by atoms with Gasteiger partial charge in [-0.05, 0) is 49.2 Å². The first kappa shape index (κ1) is 22.5. The Labute approximate surface area is 198 Å². The third-order valence-corrected chi connectivity index (χ3v) is 6.19. The van der Waals surface area contributed by atoms with Crippen molar-refractivity contribution in [3.05, 3.63) is 67.6 Å². The fourth-order valence-electron chi connectivity index (χ4n) is 3.92. The Hall–Kier alpha value is -2.71. The molecule has 1 heterocycles. The number of carbonyl (C=O) groups excluding carboxylic acids is 1. The molecule has 0 atom stereocenters. The van der Waals surface area contributed by atoms with Crippen molar-refractivity contribution in [2.75, 3.05) is 6.61 Å². The van der Waals surface area contributed by atoms with Gasteiger partial charge in [0.2, 0.25) is 0 Å². The van der Waals surface area contributed by atoms with Crippen LogP contribution in [0.2, 0.25) is 5.02 Å². The van der Waals surface area contributed by atoms with Crippen LogP contribution >= 0.6 is 27.5 Å². The molecule has 1 saturated carbocycles. The summed E-state index contributed by atoms with van der Waals surface area (Å²) in [5.74, 6) is 0.609. The lowest BCUT2D eigenvalue weighted by atomic mass is 9.88. The zero-order chi connectivity index (χ0) is 22.7. The van der Waals surface area contributed by atoms with Crippen molar-refractivity contribution in [3.63, 3.8) is 0 Å². The van der Waals surface area contributed by atoms with Gasteiger partial charge in [-0.2, -0.15) is 9.78 Å². The summed E-state index contributed by atoms with van der Waals surface area (Å²) in [4.78, 5) is 29.4. The summed E-state index contributed by atoms with van der Waals surface area (Å²) >= 11 is 9.57. The molecule has 3 aromatic rings. The first-order chi connectivity index (χ1) is 15.4. The molecule has 2 aromatic carbocycles. The maximum absolute atomic E-state index is 13.4. The first-order valence-corrected chi connectivity index (χ1v) is 11.6. The number of aromatic nitrogens is 2. The van der Waals surface area contributed by atoms with Crippen molar-refractivity contribution in [2.45, 2.75) is 38.0 Å². The van der Waals surface area contributed by atoms with Gasteiger partial charge in [0.15, 0.2) is 6.61 Å². The summed E-state index contributed by atoms with van der Waals surface area (Å²) < 4.78 is 7.64. The normalized spacial score (nSPS) is 14.8. The van der Waals surface area contributed by atoms with Crippen LogP contribution in [0.15, 0.2) is 50.8 Å². The van der Waals surface area contributed by atoms with Crippen LogP contribution in [-0.2, 0) is 4.79 Å². The molecule has 2 N–H and O–H groups in total. The molecule has 0 saturated heterocycles. The quantitative estimate of drug-likeness (QED) is 0.483. The van der Waals surface area contributed by atoms with Gasteiger partial charge in [-0.1, -0.05) is 46.8 Å². The summed E-state index contributed by atoms with van der Waals surface area (Å²) in [5, 5.41) is 5.46. The Morgan fingerprint density at radius 2 is 2.03 bits per heavy atom. The lowest BCUT2D eigenvalue weighted by molar-refractivity contribution is -0.119. The highest BCUT2D eigenvalue weighted by atomic mass is 79.9. The van der Waals surface area contributed by atoms with Crippen LogP contribution in [0, 0.1) is 0 Å². The number of nitrogens with zero attached hydrogens (tertiary/aromatic N) is 3. The molecule has 7 nitrogen and oxygen atoms in total. The van der Waals surface area contributed by atoms with Gasteiger partial charge in [0.25, 0.3) is 11.5 Å². The number of fused-ring (bicyclic) bond motifs is 1. The fourth-order valence-corrected chi connectivity index (χ4v) is 4.46. The van der Waals surface area contributed by atoms with Gasteiger partial charge in [-0.15, -0.1) is 0 Å². The molecule has 1 aliphatic carbocycles. The number of hydrogen-bond donors (Lipinski definition) is 1. The number of nitrogens with two attached hydrogens (primary N) is 1. The molecule has 4 rings (SSSR count). The van der Waals surface area contributed by atoms with Gasteiger partial charge in [-0.3, -0.25) is 9.59 Å². The third kappa shape index (κ3) is 5.02. The number of amides is 1. The third-order valence-electron chi connectivity index (χ3n) is 5.46. The van der Waals surface area contributed by atoms with Crippen LogP contribution in [0.4, 0.5) is 0 Å². The number of rotatable bonds is 6. The Morgan fingerprint density at radius 3 is 2.78 bits per heavy atom. The molecule has 0 radical (unpaired) electrons. The second-order valence-electron chi connectivity index (χ2n) is 7.77. The van der Waals surface area contributed by atoms with E-state index in [1.165, 1.54) is 17.3 Å². The van der Waals surface area contributed by atoms with Crippen LogP contribution in [-0.4, -0.2) is 28.4 Å². The lowest BCUT2D eigenvalue weighted by Crippen LogP contribution is -2.25. The van der Waals surface area contributed by atoms with Gasteiger partial charge in [0.05, 0.1) is 17.1 Å². The molecule has 0 bridgehead atoms. The smallest absolute Gasteiger partial charge is 0.282 e. The SMILES string of the molecule is NC(=O)COc1ccc(Cl)cc1C=Nn1c(C2CCCCC2)nc2ccc(Br)cc2c1=O. The molecule has 32 heavy (non-hydrogen) atoms. The molecule has 166 valence electrons. The highest BCUT2D eigenvalue weighted by molar-refractivity contribution is 9.10. The monoisotopic (exact) mass is 516 g/mol. The van der Waals surface area contributed by atoms with Crippen LogP contribution in [0.5, 0.6) is 5.75 Å². The van der Waals surface area contributed by atoms with E-state index in [4.69, 9.17) is 27.1 Å². The number of ether oxygens (including phenoxy) is 1. The summed E-state index contributed by atoms with van der Waals surface area (Å²) in [6, 6.07) is 10.4. The minimum Gasteiger partial charge on any atom is -0.483 e. The Morgan fingerprint density at radius 1 is 1.25 bits per heavy atom. The average molecular weight is 518 g/mol. The molecular weight excluding hydrogens is 496 g/mol. The number of carbonyl (C=O) groups is 1. The Kier molecular flexibility index (Phi) is 6.91. The predicted molar refractivity (Wildman–Crippen MR) is 129 cm³/mol. The van der Waals surface area contributed by atoms with Crippen molar-refractivity contribution in [1.82, 2.24) is 9.66 Å². The number of benzene rings is 2. The molecule has 0 unspecified atom stereocenters. The minimum atomic E-state index is -0.594. The molecule has 0 spiro atoms. The molecule has 1 aromatic heterocycles. The number of halogens is 2. The van der Waals surface area contributed by atoms with E-state index in [0.717, 1.165) is 30.2 Å². The van der Waals surface area contributed by atoms with E-state index in [1.54, 1.807) is 24.3 Å². The van der Waals surface area contributed by atoms with Gasteiger partial charge in [0.1, 0.15) is 11.6 Å². The van der Waals surface area contributed by atoms with E-state index >= 15 is 0 Å². The second kappa shape index (κ2) is 9.83. The maximum atomic E-state index is 13.4. The molecule has 0 aliphatic heterocycles. The topological polar surface area (TPSA) is 99.6 Å². The summed E-state index contributed by atoms with van der Waals surface area (Å²) in [7, 11) is 0. The molecule has 1 fully saturated rings. The lowest BCUT2D eigenvalue weighted by Gasteiger charge is -2.22. The van der Waals surface area contributed by atoms with Crippen molar-refractivity contribution < 1.29 is 9.53 Å². The highest BCUT2D eigenvalue weighted by Gasteiger charge is 2.22. The van der Waals surface area contributed by atoms with Crippen LogP contribution in [0.25, 0.3) is 10.9 Å². The fraction of sp³-hybridized carbons (Fsp3) is 0.304. The van der Waals surface area contributed by atoms with E-state index in [0.29, 0.717) is 33.1 Å². The van der Waals surface area contributed by atoms with Crippen LogP contribution < -0.4 is 16.0 Å². The predicted octanol–water partition coefficient (Wildman–Crippen LogP) is 4.61. The Bertz CT molecular complexity index is 1250. The first-order valence-electron chi connectivity index (χ1n) is 10.4. The van der Waals surface area contributed by atoms with Crippen molar-refractivity contribution in [1.29, 1.82) is 0 Å². The summed E-state index contributed by atoms with van der Waals surface area (Å²) in [6.07, 6.45) is 6.82. The maximum Gasteiger partial charge on any atom is 0.282 e. The van der Waals surface area contributed by atoms with Crippen molar-refractivity contribution >= 4 is 50.6 Å². The number of hydrogen-bond acceptors (Lipinski definition) is 5. The zero-order valence-electron chi connectivity index (χ0n) is 17.3. The molecule has 1 amide bonds. The zero-order valence-corrected chi connectivity index (χ0v) is 19.6. The summed E-state index contributed by atoms with van der Waals surface area (Å²) in [6.45, 7) is -0.276. The van der Waals surface area contributed by atoms with E-state index in [-0.39, 0.29) is 18.1 Å².